The molecule has 1 aliphatic carbocycles. The molecule has 1 fully saturated rings. The van der Waals surface area contributed by atoms with Crippen LogP contribution in [0, 0.1) is 0 Å². The van der Waals surface area contributed by atoms with Crippen molar-refractivity contribution < 1.29 is 9.59 Å². The van der Waals surface area contributed by atoms with Gasteiger partial charge in [0, 0.05) is 36.2 Å². The van der Waals surface area contributed by atoms with E-state index in [1.165, 1.54) is 0 Å². The number of carbonyl (C=O) groups excluding carboxylic acids is 2. The number of primary amides is 1. The van der Waals surface area contributed by atoms with Gasteiger partial charge in [-0.15, -0.1) is 0 Å². The van der Waals surface area contributed by atoms with Gasteiger partial charge in [0.05, 0.1) is 0 Å². The zero-order valence-corrected chi connectivity index (χ0v) is 12.6. The summed E-state index contributed by atoms with van der Waals surface area (Å²) < 4.78 is 0. The van der Waals surface area contributed by atoms with E-state index in [4.69, 9.17) is 5.73 Å². The highest BCUT2D eigenvalue weighted by Crippen LogP contribution is 2.30. The SMILES string of the molecule is NC(=O)Nc1cccc(C(=O)N(Cc2ccncc2)C2CC2)c1. The van der Waals surface area contributed by atoms with Gasteiger partial charge >= 0.3 is 6.03 Å². The lowest BCUT2D eigenvalue weighted by atomic mass is 10.1. The number of benzene rings is 1. The fourth-order valence-corrected chi connectivity index (χ4v) is 2.48. The average Bonchev–Trinajstić information content (AvgIpc) is 3.37. The minimum atomic E-state index is -0.648. The molecule has 2 aromatic rings. The minimum absolute atomic E-state index is 0.0440. The zero-order valence-electron chi connectivity index (χ0n) is 12.6. The molecule has 6 nitrogen and oxygen atoms in total. The van der Waals surface area contributed by atoms with E-state index in [-0.39, 0.29) is 11.9 Å². The van der Waals surface area contributed by atoms with Crippen LogP contribution in [0.3, 0.4) is 0 Å². The Balaban J connectivity index is 1.80. The highest BCUT2D eigenvalue weighted by molar-refractivity contribution is 5.97. The predicted molar refractivity (Wildman–Crippen MR) is 86.8 cm³/mol. The number of urea groups is 1. The molecule has 1 aromatic carbocycles. The molecule has 6 heteroatoms. The van der Waals surface area contributed by atoms with Crippen molar-refractivity contribution in [3.63, 3.8) is 0 Å². The van der Waals surface area contributed by atoms with E-state index in [1.54, 1.807) is 36.7 Å². The van der Waals surface area contributed by atoms with Crippen LogP contribution >= 0.6 is 0 Å². The fraction of sp³-hybridized carbons (Fsp3) is 0.235. The number of nitrogens with one attached hydrogen (secondary N) is 1. The Kier molecular flexibility index (Phi) is 4.23. The number of rotatable bonds is 5. The van der Waals surface area contributed by atoms with Crippen molar-refractivity contribution >= 4 is 17.6 Å². The first kappa shape index (κ1) is 15.0. The van der Waals surface area contributed by atoms with Crippen molar-refractivity contribution in [3.8, 4) is 0 Å². The van der Waals surface area contributed by atoms with Crippen LogP contribution in [0.1, 0.15) is 28.8 Å². The number of hydrogen-bond donors (Lipinski definition) is 2. The Hall–Kier alpha value is -2.89. The highest BCUT2D eigenvalue weighted by Gasteiger charge is 2.33. The van der Waals surface area contributed by atoms with Crippen LogP contribution < -0.4 is 11.1 Å². The number of carbonyl (C=O) groups is 2. The van der Waals surface area contributed by atoms with Crippen LogP contribution in [-0.2, 0) is 6.54 Å². The molecule has 1 aliphatic rings. The zero-order chi connectivity index (χ0) is 16.2. The Labute approximate surface area is 134 Å². The van der Waals surface area contributed by atoms with Crippen molar-refractivity contribution in [2.45, 2.75) is 25.4 Å². The molecule has 0 atom stereocenters. The molecule has 0 unspecified atom stereocenters. The van der Waals surface area contributed by atoms with Gasteiger partial charge in [-0.2, -0.15) is 0 Å². The van der Waals surface area contributed by atoms with Gasteiger partial charge in [0.25, 0.3) is 5.91 Å². The lowest BCUT2D eigenvalue weighted by Crippen LogP contribution is -2.32. The first-order valence-corrected chi connectivity index (χ1v) is 7.50. The number of anilines is 1. The van der Waals surface area contributed by atoms with E-state index in [1.807, 2.05) is 17.0 Å². The lowest BCUT2D eigenvalue weighted by Gasteiger charge is -2.23. The van der Waals surface area contributed by atoms with Gasteiger partial charge in [-0.1, -0.05) is 6.07 Å². The maximum Gasteiger partial charge on any atom is 0.316 e. The molecule has 1 aromatic heterocycles. The highest BCUT2D eigenvalue weighted by atomic mass is 16.2. The Morgan fingerprint density at radius 1 is 1.22 bits per heavy atom. The molecular weight excluding hydrogens is 292 g/mol. The van der Waals surface area contributed by atoms with Gasteiger partial charge in [-0.05, 0) is 48.7 Å². The minimum Gasteiger partial charge on any atom is -0.351 e. The number of amides is 3. The Bertz CT molecular complexity index is 714. The molecule has 0 radical (unpaired) electrons. The van der Waals surface area contributed by atoms with Crippen molar-refractivity contribution in [3.05, 3.63) is 59.9 Å². The van der Waals surface area contributed by atoms with Gasteiger partial charge in [0.2, 0.25) is 0 Å². The molecule has 3 amide bonds. The summed E-state index contributed by atoms with van der Waals surface area (Å²) in [5.41, 5.74) is 7.22. The number of hydrogen-bond acceptors (Lipinski definition) is 3. The normalized spacial score (nSPS) is 13.4. The molecule has 0 saturated heterocycles. The molecule has 1 saturated carbocycles. The topological polar surface area (TPSA) is 88.3 Å². The first-order chi connectivity index (χ1) is 11.1. The average molecular weight is 310 g/mol. The van der Waals surface area contributed by atoms with Gasteiger partial charge in [-0.3, -0.25) is 9.78 Å². The van der Waals surface area contributed by atoms with Crippen LogP contribution in [0.2, 0.25) is 0 Å². The van der Waals surface area contributed by atoms with Crippen molar-refractivity contribution in [1.29, 1.82) is 0 Å². The standard InChI is InChI=1S/C17H18N4O2/c18-17(23)20-14-3-1-2-13(10-14)16(22)21(15-4-5-15)11-12-6-8-19-9-7-12/h1-3,6-10,15H,4-5,11H2,(H3,18,20,23). The number of aromatic nitrogens is 1. The van der Waals surface area contributed by atoms with Crippen LogP contribution in [0.15, 0.2) is 48.8 Å². The molecule has 3 N–H and O–H groups in total. The predicted octanol–water partition coefficient (Wildman–Crippen LogP) is 2.38. The summed E-state index contributed by atoms with van der Waals surface area (Å²) in [7, 11) is 0. The Morgan fingerprint density at radius 3 is 2.61 bits per heavy atom. The van der Waals surface area contributed by atoms with E-state index in [9.17, 15) is 9.59 Å². The third-order valence-corrected chi connectivity index (χ3v) is 3.73. The van der Waals surface area contributed by atoms with E-state index in [2.05, 4.69) is 10.3 Å². The summed E-state index contributed by atoms with van der Waals surface area (Å²) >= 11 is 0. The molecule has 0 bridgehead atoms. The third-order valence-electron chi connectivity index (χ3n) is 3.73. The monoisotopic (exact) mass is 310 g/mol. The van der Waals surface area contributed by atoms with Gasteiger partial charge in [0.15, 0.2) is 0 Å². The quantitative estimate of drug-likeness (QED) is 0.888. The maximum atomic E-state index is 12.8. The number of nitrogens with zero attached hydrogens (tertiary/aromatic N) is 2. The van der Waals surface area contributed by atoms with E-state index >= 15 is 0 Å². The molecule has 0 spiro atoms. The Morgan fingerprint density at radius 2 is 1.96 bits per heavy atom. The smallest absolute Gasteiger partial charge is 0.316 e. The summed E-state index contributed by atoms with van der Waals surface area (Å²) in [6.07, 6.45) is 5.50. The molecule has 3 rings (SSSR count). The summed E-state index contributed by atoms with van der Waals surface area (Å²) in [5, 5.41) is 2.49. The maximum absolute atomic E-state index is 12.8. The second-order valence-corrected chi connectivity index (χ2v) is 5.59. The van der Waals surface area contributed by atoms with E-state index in [0.29, 0.717) is 17.8 Å². The molecule has 23 heavy (non-hydrogen) atoms. The summed E-state index contributed by atoms with van der Waals surface area (Å²) in [5.74, 6) is -0.0440. The third kappa shape index (κ3) is 3.85. The van der Waals surface area contributed by atoms with Crippen molar-refractivity contribution in [2.75, 3.05) is 5.32 Å². The van der Waals surface area contributed by atoms with Crippen LogP contribution in [0.5, 0.6) is 0 Å². The number of nitrogens with two attached hydrogens (primary N) is 1. The summed E-state index contributed by atoms with van der Waals surface area (Å²) in [6.45, 7) is 0.555. The molecule has 0 aliphatic heterocycles. The molecule has 1 heterocycles. The summed E-state index contributed by atoms with van der Waals surface area (Å²) in [4.78, 5) is 29.7. The second-order valence-electron chi connectivity index (χ2n) is 5.59. The van der Waals surface area contributed by atoms with Gasteiger partial charge in [0.1, 0.15) is 0 Å². The van der Waals surface area contributed by atoms with E-state index in [0.717, 1.165) is 18.4 Å². The summed E-state index contributed by atoms with van der Waals surface area (Å²) in [6, 6.07) is 10.3. The van der Waals surface area contributed by atoms with Crippen LogP contribution in [0.4, 0.5) is 10.5 Å². The van der Waals surface area contributed by atoms with Gasteiger partial charge in [-0.25, -0.2) is 4.79 Å². The van der Waals surface area contributed by atoms with E-state index < -0.39 is 6.03 Å². The fourth-order valence-electron chi connectivity index (χ4n) is 2.48. The molecule has 118 valence electrons. The van der Waals surface area contributed by atoms with Crippen molar-refractivity contribution in [1.82, 2.24) is 9.88 Å². The second kappa shape index (κ2) is 6.48. The van der Waals surface area contributed by atoms with Crippen LogP contribution in [0.25, 0.3) is 0 Å². The van der Waals surface area contributed by atoms with Gasteiger partial charge < -0.3 is 16.0 Å². The lowest BCUT2D eigenvalue weighted by molar-refractivity contribution is 0.0730. The first-order valence-electron chi connectivity index (χ1n) is 7.50. The van der Waals surface area contributed by atoms with Crippen molar-refractivity contribution in [2.24, 2.45) is 5.73 Å². The molecular formula is C17H18N4O2. The largest absolute Gasteiger partial charge is 0.351 e. The van der Waals surface area contributed by atoms with Crippen LogP contribution in [-0.4, -0.2) is 27.9 Å². The number of pyridine rings is 1.